The van der Waals surface area contributed by atoms with Crippen molar-refractivity contribution in [2.24, 2.45) is 29.6 Å². The second-order valence-corrected chi connectivity index (χ2v) is 20.7. The van der Waals surface area contributed by atoms with Crippen LogP contribution < -0.4 is 0 Å². The normalized spacial score (nSPS) is 32.2. The first-order valence-electron chi connectivity index (χ1n) is 26.3. The average Bonchev–Trinajstić information content (AvgIpc) is 3.29. The molecular formula is C51H94O16. The number of unbranched alkanes of at least 4 members (excludes halogenated alkanes) is 12. The van der Waals surface area contributed by atoms with E-state index in [2.05, 4.69) is 6.92 Å². The Labute approximate surface area is 402 Å². The van der Waals surface area contributed by atoms with Gasteiger partial charge in [0.05, 0.1) is 55.9 Å². The lowest BCUT2D eigenvalue weighted by Gasteiger charge is -2.47. The first kappa shape index (κ1) is 59.8. The topological polar surface area (TPSA) is 240 Å². The van der Waals surface area contributed by atoms with Crippen LogP contribution in [0.2, 0.25) is 0 Å². The number of hydrogen-bond acceptors (Lipinski definition) is 15. The van der Waals surface area contributed by atoms with Crippen molar-refractivity contribution in [3.05, 3.63) is 0 Å². The fraction of sp³-hybridized carbons (Fsp3) is 0.961. The molecule has 3 aliphatic heterocycles. The van der Waals surface area contributed by atoms with Crippen LogP contribution in [0.4, 0.5) is 0 Å². The summed E-state index contributed by atoms with van der Waals surface area (Å²) >= 11 is 0. The van der Waals surface area contributed by atoms with E-state index in [1.54, 1.807) is 6.92 Å². The number of carbonyl (C=O) groups excluding carboxylic acids is 1. The van der Waals surface area contributed by atoms with E-state index < -0.39 is 85.7 Å². The van der Waals surface area contributed by atoms with Crippen molar-refractivity contribution in [3.8, 4) is 0 Å². The summed E-state index contributed by atoms with van der Waals surface area (Å²) < 4.78 is 43.8. The fourth-order valence-corrected chi connectivity index (χ4v) is 9.30. The summed E-state index contributed by atoms with van der Waals surface area (Å²) in [5.74, 6) is -2.86. The van der Waals surface area contributed by atoms with Gasteiger partial charge < -0.3 is 68.9 Å². The average molecular weight is 963 g/mol. The molecule has 0 aliphatic carbocycles. The number of aliphatic hydroxyl groups excluding tert-OH is 6. The molecule has 67 heavy (non-hydrogen) atoms. The molecule has 0 aromatic carbocycles. The largest absolute Gasteiger partial charge is 0.479 e. The van der Waals surface area contributed by atoms with Crippen LogP contribution in [0, 0.1) is 29.6 Å². The van der Waals surface area contributed by atoms with Crippen LogP contribution >= 0.6 is 0 Å². The molecule has 7 N–H and O–H groups in total. The molecule has 16 heteroatoms. The number of carbonyl (C=O) groups is 2. The van der Waals surface area contributed by atoms with Gasteiger partial charge in [0.1, 0.15) is 18.8 Å². The van der Waals surface area contributed by atoms with Crippen molar-refractivity contribution in [3.63, 3.8) is 0 Å². The summed E-state index contributed by atoms with van der Waals surface area (Å²) in [6.07, 6.45) is 6.20. The summed E-state index contributed by atoms with van der Waals surface area (Å²) in [5.41, 5.74) is 0. The minimum absolute atomic E-state index is 0.0568. The molecule has 394 valence electrons. The lowest BCUT2D eigenvalue weighted by atomic mass is 9.86. The Hall–Kier alpha value is -1.54. The van der Waals surface area contributed by atoms with Crippen LogP contribution in [-0.2, 0) is 42.7 Å². The van der Waals surface area contributed by atoms with Gasteiger partial charge in [-0.2, -0.15) is 0 Å². The minimum atomic E-state index is -1.24. The van der Waals surface area contributed by atoms with Gasteiger partial charge in [0, 0.05) is 30.1 Å². The number of aliphatic carboxylic acids is 1. The minimum Gasteiger partial charge on any atom is -0.479 e. The number of carboxylic acid groups (broad SMARTS) is 1. The first-order valence-corrected chi connectivity index (χ1v) is 26.3. The molecule has 16 nitrogen and oxygen atoms in total. The summed E-state index contributed by atoms with van der Waals surface area (Å²) in [6.45, 7) is 13.6. The lowest BCUT2D eigenvalue weighted by molar-refractivity contribution is -0.369. The predicted molar refractivity (Wildman–Crippen MR) is 252 cm³/mol. The van der Waals surface area contributed by atoms with Gasteiger partial charge in [0.2, 0.25) is 0 Å². The van der Waals surface area contributed by atoms with Gasteiger partial charge in [-0.05, 0) is 44.4 Å². The first-order chi connectivity index (χ1) is 31.9. The Balaban J connectivity index is 1.48. The lowest BCUT2D eigenvalue weighted by Crippen LogP contribution is -2.60. The van der Waals surface area contributed by atoms with Crippen molar-refractivity contribution in [2.45, 2.75) is 263 Å². The van der Waals surface area contributed by atoms with Crippen molar-refractivity contribution in [1.29, 1.82) is 0 Å². The highest BCUT2D eigenvalue weighted by atomic mass is 16.8. The molecule has 0 aromatic heterocycles. The number of aliphatic hydroxyl groups is 6. The molecular weight excluding hydrogens is 869 g/mol. The molecule has 0 amide bonds. The SMILES string of the molecule is CCCCC(CCCC(O)C(O)CCCCCCCCCCCCCCC(O)C(=O)O)O[C@@H]1OC[C@@H](C)[C@H](O)[C@H]1O[C@@H]1OC[C@@H](C)[C@H](O)[C@H]1O[C@@H]1O[C@H](COC(=O)CC(C)C)[C@@H](C)[C@H](O)[C@H]1C. The summed E-state index contributed by atoms with van der Waals surface area (Å²) in [7, 11) is 0. The van der Waals surface area contributed by atoms with Crippen LogP contribution in [0.1, 0.15) is 183 Å². The Morgan fingerprint density at radius 1 is 0.597 bits per heavy atom. The third kappa shape index (κ3) is 21.4. The van der Waals surface area contributed by atoms with Crippen molar-refractivity contribution in [2.75, 3.05) is 19.8 Å². The van der Waals surface area contributed by atoms with Crippen LogP contribution in [-0.4, -0.2) is 147 Å². The van der Waals surface area contributed by atoms with Gasteiger partial charge in [0.15, 0.2) is 25.0 Å². The van der Waals surface area contributed by atoms with Crippen LogP contribution in [0.25, 0.3) is 0 Å². The Bertz CT molecular complexity index is 1320. The summed E-state index contributed by atoms with van der Waals surface area (Å²) in [5, 5.41) is 74.0. The molecule has 0 saturated carbocycles. The van der Waals surface area contributed by atoms with Crippen LogP contribution in [0.3, 0.4) is 0 Å². The third-order valence-corrected chi connectivity index (χ3v) is 14.1. The second kappa shape index (κ2) is 32.4. The molecule has 0 spiro atoms. The molecule has 3 saturated heterocycles. The van der Waals surface area contributed by atoms with Crippen molar-refractivity contribution < 1.29 is 78.5 Å². The Kier molecular flexibility index (Phi) is 28.9. The van der Waals surface area contributed by atoms with E-state index in [1.165, 1.54) is 25.7 Å². The van der Waals surface area contributed by atoms with Gasteiger partial charge in [-0.3, -0.25) is 4.79 Å². The monoisotopic (exact) mass is 963 g/mol. The molecule has 17 atom stereocenters. The van der Waals surface area contributed by atoms with Gasteiger partial charge in [-0.15, -0.1) is 0 Å². The highest BCUT2D eigenvalue weighted by Gasteiger charge is 2.50. The van der Waals surface area contributed by atoms with Gasteiger partial charge in [-0.1, -0.05) is 138 Å². The van der Waals surface area contributed by atoms with Gasteiger partial charge in [-0.25, -0.2) is 4.79 Å². The van der Waals surface area contributed by atoms with Gasteiger partial charge in [0.25, 0.3) is 0 Å². The van der Waals surface area contributed by atoms with E-state index in [1.807, 2.05) is 34.6 Å². The Morgan fingerprint density at radius 3 is 1.61 bits per heavy atom. The van der Waals surface area contributed by atoms with Gasteiger partial charge >= 0.3 is 11.9 Å². The summed E-state index contributed by atoms with van der Waals surface area (Å²) in [6, 6.07) is 0. The van der Waals surface area contributed by atoms with Crippen LogP contribution in [0.5, 0.6) is 0 Å². The van der Waals surface area contributed by atoms with Crippen molar-refractivity contribution in [1.82, 2.24) is 0 Å². The molecule has 4 unspecified atom stereocenters. The number of ether oxygens (including phenoxy) is 7. The van der Waals surface area contributed by atoms with E-state index in [-0.39, 0.29) is 62.0 Å². The quantitative estimate of drug-likeness (QED) is 0.0260. The number of hydrogen-bond donors (Lipinski definition) is 7. The summed E-state index contributed by atoms with van der Waals surface area (Å²) in [4.78, 5) is 23.0. The maximum atomic E-state index is 12.4. The molecule has 3 heterocycles. The number of esters is 1. The zero-order valence-corrected chi connectivity index (χ0v) is 42.2. The molecule has 3 rings (SSSR count). The van der Waals surface area contributed by atoms with E-state index >= 15 is 0 Å². The second-order valence-electron chi connectivity index (χ2n) is 20.7. The molecule has 3 fully saturated rings. The molecule has 3 aliphatic rings. The zero-order valence-electron chi connectivity index (χ0n) is 42.2. The molecule has 0 bridgehead atoms. The van der Waals surface area contributed by atoms with E-state index in [9.17, 15) is 40.2 Å². The van der Waals surface area contributed by atoms with Crippen molar-refractivity contribution >= 4 is 11.9 Å². The highest BCUT2D eigenvalue weighted by molar-refractivity contribution is 5.71. The van der Waals surface area contributed by atoms with Crippen LogP contribution in [0.15, 0.2) is 0 Å². The predicted octanol–water partition coefficient (Wildman–Crippen LogP) is 6.79. The standard InChI is InChI=1S/C51H94O16/c1-8-9-23-37(24-22-27-39(53)38(52)25-20-18-16-14-12-10-11-13-15-17-19-21-26-40(54)48(59)60)64-50-46(43(56)33(4)29-62-50)67-51-47(44(57)34(5)30-63-51)66-49-36(7)45(58)35(6)41(65-49)31-61-42(55)28-32(2)3/h32-41,43-47,49-54,56-58H,8-31H2,1-7H3,(H,59,60)/t33-,34-,35-,36-,37?,38?,39?,40?,41-,43+,44+,45+,46-,47-,49+,50+,51+/m1/s1. The number of rotatable bonds is 34. The molecule has 0 aromatic rings. The fourth-order valence-electron chi connectivity index (χ4n) is 9.30. The number of carboxylic acids is 1. The van der Waals surface area contributed by atoms with E-state index in [0.29, 0.717) is 32.1 Å². The zero-order chi connectivity index (χ0) is 49.5. The maximum absolute atomic E-state index is 12.4. The third-order valence-electron chi connectivity index (χ3n) is 14.1. The smallest absolute Gasteiger partial charge is 0.332 e. The maximum Gasteiger partial charge on any atom is 0.332 e. The highest BCUT2D eigenvalue weighted by Crippen LogP contribution is 2.36. The van der Waals surface area contributed by atoms with E-state index in [0.717, 1.165) is 70.6 Å². The van der Waals surface area contributed by atoms with E-state index in [4.69, 9.17) is 38.3 Å². The Morgan fingerprint density at radius 2 is 1.07 bits per heavy atom. The molecule has 0 radical (unpaired) electrons.